The summed E-state index contributed by atoms with van der Waals surface area (Å²) < 4.78 is 14.0. The monoisotopic (exact) mass is 387 g/mol. The van der Waals surface area contributed by atoms with Crippen molar-refractivity contribution in [3.05, 3.63) is 106 Å². The van der Waals surface area contributed by atoms with E-state index in [0.717, 1.165) is 28.8 Å². The lowest BCUT2D eigenvalue weighted by molar-refractivity contribution is 0.605. The topological polar surface area (TPSA) is 61.9 Å². The molecule has 3 aromatic rings. The van der Waals surface area contributed by atoms with Gasteiger partial charge in [-0.25, -0.2) is 4.39 Å². The summed E-state index contributed by atoms with van der Waals surface area (Å²) in [6.45, 7) is 4.45. The highest BCUT2D eigenvalue weighted by Crippen LogP contribution is 2.23. The van der Waals surface area contributed by atoms with Crippen LogP contribution >= 0.6 is 0 Å². The molecule has 29 heavy (non-hydrogen) atoms. The van der Waals surface area contributed by atoms with Crippen LogP contribution in [0.25, 0.3) is 5.70 Å². The molecule has 148 valence electrons. The van der Waals surface area contributed by atoms with Gasteiger partial charge in [0.15, 0.2) is 0 Å². The molecular formula is C25H26FN3. The minimum atomic E-state index is -0.227. The first-order chi connectivity index (χ1) is 14.0. The van der Waals surface area contributed by atoms with E-state index >= 15 is 0 Å². The van der Waals surface area contributed by atoms with Gasteiger partial charge >= 0.3 is 0 Å². The smallest absolute Gasteiger partial charge is 0.128 e. The highest BCUT2D eigenvalue weighted by atomic mass is 19.1. The zero-order valence-electron chi connectivity index (χ0n) is 16.8. The Morgan fingerprint density at radius 2 is 1.72 bits per heavy atom. The summed E-state index contributed by atoms with van der Waals surface area (Å²) >= 11 is 0. The number of nitrogen functional groups attached to an aromatic ring is 1. The molecule has 0 aliphatic carbocycles. The average molecular weight is 388 g/mol. The predicted octanol–water partition coefficient (Wildman–Crippen LogP) is 5.67. The van der Waals surface area contributed by atoms with Gasteiger partial charge in [0.2, 0.25) is 0 Å². The normalized spacial score (nSPS) is 11.3. The van der Waals surface area contributed by atoms with E-state index in [-0.39, 0.29) is 5.82 Å². The van der Waals surface area contributed by atoms with Crippen molar-refractivity contribution in [1.82, 2.24) is 5.32 Å². The first kappa shape index (κ1) is 20.3. The molecule has 0 aliphatic rings. The van der Waals surface area contributed by atoms with E-state index in [0.29, 0.717) is 29.1 Å². The zero-order chi connectivity index (χ0) is 20.8. The molecule has 0 bridgehead atoms. The number of allylic oxidation sites excluding steroid dienone is 1. The molecule has 3 rings (SSSR count). The fraction of sp³-hybridized carbons (Fsp3) is 0.160. The molecule has 0 unspecified atom stereocenters. The second kappa shape index (κ2) is 9.20. The Bertz CT molecular complexity index is 1040. The molecule has 0 spiro atoms. The van der Waals surface area contributed by atoms with Gasteiger partial charge in [-0.3, -0.25) is 5.41 Å². The first-order valence-corrected chi connectivity index (χ1v) is 9.73. The van der Waals surface area contributed by atoms with Crippen LogP contribution < -0.4 is 11.1 Å². The number of nitrogens with two attached hydrogens (primary N) is 1. The van der Waals surface area contributed by atoms with Crippen LogP contribution in [0.3, 0.4) is 0 Å². The number of halogens is 1. The van der Waals surface area contributed by atoms with E-state index in [1.807, 2.05) is 55.5 Å². The van der Waals surface area contributed by atoms with E-state index < -0.39 is 0 Å². The lowest BCUT2D eigenvalue weighted by Crippen LogP contribution is -2.14. The van der Waals surface area contributed by atoms with Gasteiger partial charge in [-0.15, -0.1) is 0 Å². The van der Waals surface area contributed by atoms with Crippen LogP contribution in [0, 0.1) is 18.2 Å². The summed E-state index contributed by atoms with van der Waals surface area (Å²) in [5.41, 5.74) is 12.2. The van der Waals surface area contributed by atoms with Crippen molar-refractivity contribution >= 4 is 17.1 Å². The van der Waals surface area contributed by atoms with Gasteiger partial charge in [-0.2, -0.15) is 0 Å². The molecule has 0 amide bonds. The summed E-state index contributed by atoms with van der Waals surface area (Å²) in [6.07, 6.45) is 2.89. The summed E-state index contributed by atoms with van der Waals surface area (Å²) in [4.78, 5) is 0. The Morgan fingerprint density at radius 1 is 1.03 bits per heavy atom. The molecule has 4 N–H and O–H groups in total. The summed E-state index contributed by atoms with van der Waals surface area (Å²) in [5.74, 6) is -0.227. The van der Waals surface area contributed by atoms with Gasteiger partial charge in [0.25, 0.3) is 0 Å². The van der Waals surface area contributed by atoms with Gasteiger partial charge < -0.3 is 11.1 Å². The number of aryl methyl sites for hydroxylation is 1. The second-order valence-electron chi connectivity index (χ2n) is 7.01. The predicted molar refractivity (Wildman–Crippen MR) is 119 cm³/mol. The van der Waals surface area contributed by atoms with E-state index in [1.54, 1.807) is 12.1 Å². The van der Waals surface area contributed by atoms with Gasteiger partial charge in [0.1, 0.15) is 5.82 Å². The maximum atomic E-state index is 14.0. The van der Waals surface area contributed by atoms with Crippen molar-refractivity contribution in [3.8, 4) is 0 Å². The number of hydrogen-bond acceptors (Lipinski definition) is 3. The third-order valence-electron chi connectivity index (χ3n) is 4.81. The molecule has 0 aliphatic heterocycles. The van der Waals surface area contributed by atoms with Crippen LogP contribution in [0.5, 0.6) is 0 Å². The molecular weight excluding hydrogens is 361 g/mol. The van der Waals surface area contributed by atoms with E-state index in [1.165, 1.54) is 6.07 Å². The third kappa shape index (κ3) is 4.91. The fourth-order valence-electron chi connectivity index (χ4n) is 3.14. The molecule has 0 saturated carbocycles. The van der Waals surface area contributed by atoms with Crippen molar-refractivity contribution in [2.75, 3.05) is 5.73 Å². The summed E-state index contributed by atoms with van der Waals surface area (Å²) in [5, 5.41) is 12.0. The lowest BCUT2D eigenvalue weighted by atomic mass is 9.97. The van der Waals surface area contributed by atoms with Crippen LogP contribution in [-0.2, 0) is 6.54 Å². The number of hydrogen-bond donors (Lipinski definition) is 3. The quantitative estimate of drug-likeness (QED) is 0.361. The highest BCUT2D eigenvalue weighted by Gasteiger charge is 2.12. The summed E-state index contributed by atoms with van der Waals surface area (Å²) in [7, 11) is 0. The largest absolute Gasteiger partial charge is 0.398 e. The summed E-state index contributed by atoms with van der Waals surface area (Å²) in [6, 6.07) is 20.3. The Labute approximate surface area is 171 Å². The molecule has 0 heterocycles. The van der Waals surface area contributed by atoms with Gasteiger partial charge in [0, 0.05) is 34.6 Å². The number of benzene rings is 3. The molecule has 3 aromatic carbocycles. The van der Waals surface area contributed by atoms with Crippen molar-refractivity contribution in [1.29, 1.82) is 5.41 Å². The molecule has 4 heteroatoms. The number of nitrogens with one attached hydrogen (secondary N) is 2. The maximum absolute atomic E-state index is 14.0. The maximum Gasteiger partial charge on any atom is 0.128 e. The van der Waals surface area contributed by atoms with Gasteiger partial charge in [0.05, 0.1) is 5.71 Å². The minimum absolute atomic E-state index is 0.227. The first-order valence-electron chi connectivity index (χ1n) is 9.73. The highest BCUT2D eigenvalue weighted by molar-refractivity contribution is 6.14. The van der Waals surface area contributed by atoms with Crippen LogP contribution in [0.15, 0.2) is 72.8 Å². The Kier molecular flexibility index (Phi) is 6.45. The van der Waals surface area contributed by atoms with Crippen LogP contribution in [0.4, 0.5) is 10.1 Å². The number of rotatable bonds is 7. The minimum Gasteiger partial charge on any atom is -0.398 e. The van der Waals surface area contributed by atoms with Crippen LogP contribution in [-0.4, -0.2) is 5.71 Å². The van der Waals surface area contributed by atoms with Crippen molar-refractivity contribution < 1.29 is 4.39 Å². The van der Waals surface area contributed by atoms with Crippen molar-refractivity contribution in [2.24, 2.45) is 0 Å². The van der Waals surface area contributed by atoms with Crippen LogP contribution in [0.2, 0.25) is 0 Å². The number of anilines is 1. The van der Waals surface area contributed by atoms with Crippen LogP contribution in [0.1, 0.15) is 41.2 Å². The fourth-order valence-corrected chi connectivity index (χ4v) is 3.14. The third-order valence-corrected chi connectivity index (χ3v) is 4.81. The Balaban J connectivity index is 1.89. The molecule has 3 nitrogen and oxygen atoms in total. The molecule has 0 atom stereocenters. The van der Waals surface area contributed by atoms with E-state index in [9.17, 15) is 4.39 Å². The molecule has 0 fully saturated rings. The SMILES string of the molecule is CC/C=C(\NCc1ccccc1F)c1ccc(N)c(C(=N)c2ccc(C)cc2)c1. The van der Waals surface area contributed by atoms with Crippen molar-refractivity contribution in [2.45, 2.75) is 26.8 Å². The van der Waals surface area contributed by atoms with Crippen molar-refractivity contribution in [3.63, 3.8) is 0 Å². The van der Waals surface area contributed by atoms with E-state index in [4.69, 9.17) is 11.1 Å². The molecule has 0 radical (unpaired) electrons. The Hall–Kier alpha value is -3.40. The Morgan fingerprint density at radius 3 is 2.41 bits per heavy atom. The van der Waals surface area contributed by atoms with Gasteiger partial charge in [-0.1, -0.05) is 67.1 Å². The van der Waals surface area contributed by atoms with E-state index in [2.05, 4.69) is 18.3 Å². The standard InChI is InChI=1S/C25H26FN3/c1-3-6-24(29-16-20-7-4-5-8-22(20)26)19-13-14-23(27)21(15-19)25(28)18-11-9-17(2)10-12-18/h4-15,28-29H,3,16,27H2,1-2H3/b24-6-,28-25?. The average Bonchev–Trinajstić information content (AvgIpc) is 2.73. The zero-order valence-corrected chi connectivity index (χ0v) is 16.8. The van der Waals surface area contributed by atoms with Gasteiger partial charge in [-0.05, 0) is 37.1 Å². The lowest BCUT2D eigenvalue weighted by Gasteiger charge is -2.15. The molecule has 0 aromatic heterocycles. The molecule has 0 saturated heterocycles. The second-order valence-corrected chi connectivity index (χ2v) is 7.01.